The van der Waals surface area contributed by atoms with Crippen LogP contribution in [0.1, 0.15) is 25.7 Å². The van der Waals surface area contributed by atoms with Crippen molar-refractivity contribution in [1.82, 2.24) is 9.03 Å². The van der Waals surface area contributed by atoms with Gasteiger partial charge in [0.1, 0.15) is 5.78 Å². The number of Topliss-reactive ketones (excluding diaryl/α,β-unsaturated/α-hetero) is 1. The van der Waals surface area contributed by atoms with E-state index in [0.717, 1.165) is 4.31 Å². The van der Waals surface area contributed by atoms with Gasteiger partial charge in [-0.15, -0.1) is 0 Å². The fourth-order valence-corrected chi connectivity index (χ4v) is 8.41. The van der Waals surface area contributed by atoms with Crippen molar-refractivity contribution in [2.75, 3.05) is 13.2 Å². The molecule has 5 rings (SSSR count). The highest BCUT2D eigenvalue weighted by Crippen LogP contribution is 2.53. The molecular weight excluding hydrogens is 492 g/mol. The fraction of sp³-hybridized carbons (Fsp3) is 0.417. The van der Waals surface area contributed by atoms with Crippen LogP contribution < -0.4 is 4.72 Å². The summed E-state index contributed by atoms with van der Waals surface area (Å²) in [6.45, 7) is -0.0555. The molecule has 2 aromatic carbocycles. The summed E-state index contributed by atoms with van der Waals surface area (Å²) < 4.78 is 62.1. The SMILES string of the molecule is O=C1C[C@@H]2CCN(S(=O)(=O)c3ccccc3)C(=O)[C@@]23CC(NS(=O)(=O)c2ccccc2)CO[C@H]3C1. The minimum absolute atomic E-state index is 0.000377. The van der Waals surface area contributed by atoms with Gasteiger partial charge in [-0.05, 0) is 43.0 Å². The molecule has 0 radical (unpaired) electrons. The molecule has 11 heteroatoms. The summed E-state index contributed by atoms with van der Waals surface area (Å²) in [5.41, 5.74) is -1.31. The van der Waals surface area contributed by atoms with Crippen LogP contribution in [0.4, 0.5) is 0 Å². The Morgan fingerprint density at radius 2 is 1.51 bits per heavy atom. The van der Waals surface area contributed by atoms with Crippen LogP contribution in [0.2, 0.25) is 0 Å². The lowest BCUT2D eigenvalue weighted by Crippen LogP contribution is -2.67. The van der Waals surface area contributed by atoms with Crippen molar-refractivity contribution < 1.29 is 31.2 Å². The Kier molecular flexibility index (Phi) is 6.07. The lowest BCUT2D eigenvalue weighted by atomic mass is 9.57. The molecule has 1 N–H and O–H groups in total. The monoisotopic (exact) mass is 518 g/mol. The number of carbonyl (C=O) groups excluding carboxylic acids is 2. The molecule has 2 saturated heterocycles. The van der Waals surface area contributed by atoms with E-state index in [1.54, 1.807) is 36.4 Å². The highest BCUT2D eigenvalue weighted by molar-refractivity contribution is 7.90. The molecule has 0 aromatic heterocycles. The van der Waals surface area contributed by atoms with Crippen LogP contribution in [0.15, 0.2) is 70.5 Å². The summed E-state index contributed by atoms with van der Waals surface area (Å²) in [5.74, 6) is -1.09. The van der Waals surface area contributed by atoms with Gasteiger partial charge in [0.15, 0.2) is 0 Å². The molecule has 1 aliphatic carbocycles. The van der Waals surface area contributed by atoms with Crippen molar-refractivity contribution in [2.24, 2.45) is 11.3 Å². The zero-order valence-electron chi connectivity index (χ0n) is 18.9. The normalized spacial score (nSPS) is 29.4. The summed E-state index contributed by atoms with van der Waals surface area (Å²) >= 11 is 0. The largest absolute Gasteiger partial charge is 0.375 e. The first-order chi connectivity index (χ1) is 16.6. The Morgan fingerprint density at radius 1 is 0.886 bits per heavy atom. The van der Waals surface area contributed by atoms with E-state index in [1.807, 2.05) is 0 Å². The fourth-order valence-electron chi connectivity index (χ4n) is 5.67. The molecule has 1 saturated carbocycles. The average Bonchev–Trinajstić information content (AvgIpc) is 2.84. The van der Waals surface area contributed by atoms with E-state index >= 15 is 0 Å². The van der Waals surface area contributed by atoms with Gasteiger partial charge < -0.3 is 4.74 Å². The highest BCUT2D eigenvalue weighted by Gasteiger charge is 2.63. The second kappa shape index (κ2) is 8.81. The molecular formula is C24H26N2O7S2. The number of rotatable bonds is 5. The first-order valence-corrected chi connectivity index (χ1v) is 14.4. The molecule has 186 valence electrons. The van der Waals surface area contributed by atoms with Crippen LogP contribution in [-0.2, 0) is 34.4 Å². The Hall–Kier alpha value is -2.60. The second-order valence-electron chi connectivity index (χ2n) is 9.33. The van der Waals surface area contributed by atoms with E-state index in [2.05, 4.69) is 4.72 Å². The maximum Gasteiger partial charge on any atom is 0.266 e. The molecule has 3 fully saturated rings. The summed E-state index contributed by atoms with van der Waals surface area (Å²) in [4.78, 5) is 26.5. The average molecular weight is 519 g/mol. The Morgan fingerprint density at radius 3 is 2.17 bits per heavy atom. The molecule has 0 bridgehead atoms. The molecule has 2 heterocycles. The summed E-state index contributed by atoms with van der Waals surface area (Å²) in [5, 5.41) is 0. The molecule has 2 aromatic rings. The molecule has 2 aliphatic heterocycles. The van der Waals surface area contributed by atoms with Gasteiger partial charge in [0, 0.05) is 25.4 Å². The number of ether oxygens (including phenoxy) is 1. The molecule has 1 spiro atoms. The number of piperidine rings is 1. The molecule has 3 aliphatic rings. The summed E-state index contributed by atoms with van der Waals surface area (Å²) in [6.07, 6.45) is -0.293. The molecule has 1 amide bonds. The van der Waals surface area contributed by atoms with Gasteiger partial charge in [0.2, 0.25) is 15.9 Å². The number of amides is 1. The standard InChI is InChI=1S/C24H26N2O7S2/c27-19-13-17-11-12-26(35(31,32)21-9-5-2-6-10-21)23(28)24(17)15-18(16-33-22(24)14-19)25-34(29,30)20-7-3-1-4-8-20/h1-10,17-18,22,25H,11-16H2/t17-,18?,22-,24-/m0/s1. The van der Waals surface area contributed by atoms with Crippen molar-refractivity contribution in [2.45, 2.75) is 47.6 Å². The Bertz CT molecular complexity index is 1330. The number of hydrogen-bond donors (Lipinski definition) is 1. The van der Waals surface area contributed by atoms with Crippen LogP contribution in [0.5, 0.6) is 0 Å². The van der Waals surface area contributed by atoms with Crippen LogP contribution in [0, 0.1) is 11.3 Å². The van der Waals surface area contributed by atoms with Crippen LogP contribution in [0.25, 0.3) is 0 Å². The third-order valence-electron chi connectivity index (χ3n) is 7.28. The zero-order valence-corrected chi connectivity index (χ0v) is 20.5. The first kappa shape index (κ1) is 24.1. The third-order valence-corrected chi connectivity index (χ3v) is 10.6. The predicted octanol–water partition coefficient (Wildman–Crippen LogP) is 1.71. The number of carbonyl (C=O) groups is 2. The van der Waals surface area contributed by atoms with E-state index < -0.39 is 49.4 Å². The minimum Gasteiger partial charge on any atom is -0.375 e. The molecule has 9 nitrogen and oxygen atoms in total. The van der Waals surface area contributed by atoms with Gasteiger partial charge >= 0.3 is 0 Å². The van der Waals surface area contributed by atoms with Gasteiger partial charge in [0.05, 0.1) is 27.9 Å². The lowest BCUT2D eigenvalue weighted by Gasteiger charge is -2.55. The van der Waals surface area contributed by atoms with E-state index in [0.29, 0.717) is 6.42 Å². The van der Waals surface area contributed by atoms with E-state index in [4.69, 9.17) is 4.74 Å². The van der Waals surface area contributed by atoms with Gasteiger partial charge in [-0.25, -0.2) is 25.9 Å². The van der Waals surface area contributed by atoms with Crippen molar-refractivity contribution in [3.05, 3.63) is 60.7 Å². The minimum atomic E-state index is -4.12. The van der Waals surface area contributed by atoms with Gasteiger partial charge in [-0.2, -0.15) is 0 Å². The number of nitrogens with zero attached hydrogens (tertiary/aromatic N) is 1. The van der Waals surface area contributed by atoms with E-state index in [1.165, 1.54) is 24.3 Å². The maximum absolute atomic E-state index is 14.0. The molecule has 4 atom stereocenters. The molecule has 1 unspecified atom stereocenters. The number of ketones is 1. The third kappa shape index (κ3) is 4.10. The predicted molar refractivity (Wildman–Crippen MR) is 125 cm³/mol. The van der Waals surface area contributed by atoms with Crippen molar-refractivity contribution >= 4 is 31.7 Å². The van der Waals surface area contributed by atoms with Crippen LogP contribution in [-0.4, -0.2) is 58.1 Å². The van der Waals surface area contributed by atoms with E-state index in [9.17, 15) is 26.4 Å². The Labute approximate surface area is 204 Å². The van der Waals surface area contributed by atoms with Crippen LogP contribution >= 0.6 is 0 Å². The van der Waals surface area contributed by atoms with Gasteiger partial charge in [-0.3, -0.25) is 9.59 Å². The number of hydrogen-bond acceptors (Lipinski definition) is 7. The lowest BCUT2D eigenvalue weighted by molar-refractivity contribution is -0.185. The molecule has 35 heavy (non-hydrogen) atoms. The van der Waals surface area contributed by atoms with Gasteiger partial charge in [-0.1, -0.05) is 36.4 Å². The second-order valence-corrected chi connectivity index (χ2v) is 12.9. The summed E-state index contributed by atoms with van der Waals surface area (Å²) in [7, 11) is -8.01. The first-order valence-electron chi connectivity index (χ1n) is 11.5. The van der Waals surface area contributed by atoms with Crippen molar-refractivity contribution in [3.8, 4) is 0 Å². The zero-order chi connectivity index (χ0) is 24.8. The van der Waals surface area contributed by atoms with Gasteiger partial charge in [0.25, 0.3) is 10.0 Å². The topological polar surface area (TPSA) is 127 Å². The quantitative estimate of drug-likeness (QED) is 0.638. The maximum atomic E-state index is 14.0. The number of sulfonamides is 2. The van der Waals surface area contributed by atoms with E-state index in [-0.39, 0.29) is 48.0 Å². The smallest absolute Gasteiger partial charge is 0.266 e. The number of benzene rings is 2. The number of nitrogens with one attached hydrogen (secondary N) is 1. The highest BCUT2D eigenvalue weighted by atomic mass is 32.2. The summed E-state index contributed by atoms with van der Waals surface area (Å²) in [6, 6.07) is 14.8. The van der Waals surface area contributed by atoms with Crippen LogP contribution in [0.3, 0.4) is 0 Å². The Balaban J connectivity index is 1.49. The van der Waals surface area contributed by atoms with Crippen molar-refractivity contribution in [1.29, 1.82) is 0 Å². The van der Waals surface area contributed by atoms with Crippen molar-refractivity contribution in [3.63, 3.8) is 0 Å².